The molecular formula is C14H27N3O2S. The molecule has 0 aliphatic carbocycles. The van der Waals surface area contributed by atoms with Crippen LogP contribution in [0.15, 0.2) is 5.16 Å². The van der Waals surface area contributed by atoms with E-state index in [1.807, 2.05) is 18.7 Å². The van der Waals surface area contributed by atoms with E-state index < -0.39 is 0 Å². The molecule has 2 heterocycles. The van der Waals surface area contributed by atoms with Gasteiger partial charge in [0.25, 0.3) is 0 Å². The van der Waals surface area contributed by atoms with Crippen LogP contribution in [0.3, 0.4) is 0 Å². The van der Waals surface area contributed by atoms with Gasteiger partial charge in [0.1, 0.15) is 5.84 Å². The minimum atomic E-state index is 0.0803. The molecule has 0 saturated carbocycles. The highest BCUT2D eigenvalue weighted by molar-refractivity contribution is 7.99. The summed E-state index contributed by atoms with van der Waals surface area (Å²) in [7, 11) is 0. The lowest BCUT2D eigenvalue weighted by molar-refractivity contribution is -0.0896. The standard InChI is InChI=1S/C14H27N3O2S/c1-3-17(9-11(2)13(15)16-18)12-4-6-19-14(8-12)5-7-20-10-14/h11-12,18H,3-10H2,1-2H3,(H2,15,16). The lowest BCUT2D eigenvalue weighted by Gasteiger charge is -2.43. The first-order chi connectivity index (χ1) is 9.60. The van der Waals surface area contributed by atoms with E-state index in [-0.39, 0.29) is 11.5 Å². The smallest absolute Gasteiger partial charge is 0.143 e. The molecular weight excluding hydrogens is 274 g/mol. The summed E-state index contributed by atoms with van der Waals surface area (Å²) >= 11 is 2.01. The van der Waals surface area contributed by atoms with Crippen LogP contribution in [0.4, 0.5) is 0 Å². The highest BCUT2D eigenvalue weighted by Crippen LogP contribution is 2.39. The molecule has 0 bridgehead atoms. The number of oxime groups is 1. The van der Waals surface area contributed by atoms with Gasteiger partial charge in [-0.25, -0.2) is 0 Å². The molecule has 2 fully saturated rings. The molecule has 2 aliphatic rings. The molecule has 0 amide bonds. The fraction of sp³-hybridized carbons (Fsp3) is 0.929. The molecule has 3 unspecified atom stereocenters. The largest absolute Gasteiger partial charge is 0.409 e. The summed E-state index contributed by atoms with van der Waals surface area (Å²) in [5.74, 6) is 2.76. The van der Waals surface area contributed by atoms with Crippen LogP contribution in [-0.4, -0.2) is 58.8 Å². The van der Waals surface area contributed by atoms with Crippen LogP contribution in [0.25, 0.3) is 0 Å². The minimum absolute atomic E-state index is 0.0803. The molecule has 1 spiro atoms. The molecule has 3 atom stereocenters. The first-order valence-corrected chi connectivity index (χ1v) is 8.69. The highest BCUT2D eigenvalue weighted by Gasteiger charge is 2.41. The third-order valence-electron chi connectivity index (χ3n) is 4.59. The van der Waals surface area contributed by atoms with Crippen molar-refractivity contribution in [1.82, 2.24) is 4.90 Å². The third-order valence-corrected chi connectivity index (χ3v) is 5.81. The van der Waals surface area contributed by atoms with E-state index in [0.29, 0.717) is 11.9 Å². The van der Waals surface area contributed by atoms with Crippen LogP contribution in [0.2, 0.25) is 0 Å². The van der Waals surface area contributed by atoms with Crippen molar-refractivity contribution in [1.29, 1.82) is 0 Å². The Morgan fingerprint density at radius 1 is 1.65 bits per heavy atom. The fourth-order valence-corrected chi connectivity index (χ4v) is 4.64. The predicted molar refractivity (Wildman–Crippen MR) is 83.5 cm³/mol. The minimum Gasteiger partial charge on any atom is -0.409 e. The number of nitrogens with zero attached hydrogens (tertiary/aromatic N) is 2. The van der Waals surface area contributed by atoms with Crippen molar-refractivity contribution in [2.75, 3.05) is 31.2 Å². The Labute approximate surface area is 125 Å². The topological polar surface area (TPSA) is 71.1 Å². The van der Waals surface area contributed by atoms with E-state index >= 15 is 0 Å². The van der Waals surface area contributed by atoms with Crippen molar-refractivity contribution >= 4 is 17.6 Å². The van der Waals surface area contributed by atoms with E-state index in [9.17, 15) is 0 Å². The fourth-order valence-electron chi connectivity index (χ4n) is 3.26. The van der Waals surface area contributed by atoms with Crippen molar-refractivity contribution in [2.24, 2.45) is 16.8 Å². The van der Waals surface area contributed by atoms with Crippen LogP contribution in [0.5, 0.6) is 0 Å². The molecule has 0 radical (unpaired) electrons. The van der Waals surface area contributed by atoms with Gasteiger partial charge in [0.2, 0.25) is 0 Å². The number of hydrogen-bond acceptors (Lipinski definition) is 5. The molecule has 0 aromatic heterocycles. The maximum atomic E-state index is 8.79. The Kier molecular flexibility index (Phi) is 5.57. The summed E-state index contributed by atoms with van der Waals surface area (Å²) in [6.45, 7) is 6.90. The zero-order chi connectivity index (χ0) is 14.6. The van der Waals surface area contributed by atoms with E-state index in [0.717, 1.165) is 38.3 Å². The second-order valence-corrected chi connectivity index (χ2v) is 7.10. The zero-order valence-corrected chi connectivity index (χ0v) is 13.4. The van der Waals surface area contributed by atoms with Gasteiger partial charge < -0.3 is 15.7 Å². The molecule has 5 nitrogen and oxygen atoms in total. The molecule has 6 heteroatoms. The molecule has 3 N–H and O–H groups in total. The molecule has 2 rings (SSSR count). The Hall–Kier alpha value is -0.460. The van der Waals surface area contributed by atoms with Crippen molar-refractivity contribution in [3.05, 3.63) is 0 Å². The van der Waals surface area contributed by atoms with Gasteiger partial charge in [0, 0.05) is 30.9 Å². The van der Waals surface area contributed by atoms with Gasteiger partial charge >= 0.3 is 0 Å². The summed E-state index contributed by atoms with van der Waals surface area (Å²) in [5, 5.41) is 11.9. The van der Waals surface area contributed by atoms with Gasteiger partial charge in [-0.1, -0.05) is 19.0 Å². The maximum absolute atomic E-state index is 8.79. The average Bonchev–Trinajstić information content (AvgIpc) is 2.91. The Balaban J connectivity index is 1.96. The molecule has 2 aliphatic heterocycles. The monoisotopic (exact) mass is 301 g/mol. The van der Waals surface area contributed by atoms with Crippen LogP contribution in [0, 0.1) is 5.92 Å². The Morgan fingerprint density at radius 2 is 2.45 bits per heavy atom. The van der Waals surface area contributed by atoms with Crippen LogP contribution in [-0.2, 0) is 4.74 Å². The van der Waals surface area contributed by atoms with Gasteiger partial charge in [-0.05, 0) is 31.6 Å². The summed E-state index contributed by atoms with van der Waals surface area (Å²) in [6, 6.07) is 0.557. The molecule has 0 aromatic rings. The van der Waals surface area contributed by atoms with Crippen LogP contribution < -0.4 is 5.73 Å². The van der Waals surface area contributed by atoms with E-state index in [1.165, 1.54) is 12.2 Å². The zero-order valence-electron chi connectivity index (χ0n) is 12.5. The Morgan fingerprint density at radius 3 is 3.05 bits per heavy atom. The first-order valence-electron chi connectivity index (χ1n) is 7.53. The number of hydrogen-bond donors (Lipinski definition) is 2. The van der Waals surface area contributed by atoms with Crippen LogP contribution in [0.1, 0.15) is 33.1 Å². The van der Waals surface area contributed by atoms with Crippen molar-refractivity contribution in [2.45, 2.75) is 44.8 Å². The van der Waals surface area contributed by atoms with Crippen molar-refractivity contribution < 1.29 is 9.94 Å². The summed E-state index contributed by atoms with van der Waals surface area (Å²) in [6.07, 6.45) is 3.39. The van der Waals surface area contributed by atoms with E-state index in [4.69, 9.17) is 15.7 Å². The first kappa shape index (κ1) is 15.9. The maximum Gasteiger partial charge on any atom is 0.143 e. The average molecular weight is 301 g/mol. The normalized spacial score (nSPS) is 33.0. The molecule has 2 saturated heterocycles. The number of rotatable bonds is 5. The number of ether oxygens (including phenoxy) is 1. The third kappa shape index (κ3) is 3.59. The van der Waals surface area contributed by atoms with Gasteiger partial charge in [-0.2, -0.15) is 11.8 Å². The van der Waals surface area contributed by atoms with Gasteiger partial charge in [0.05, 0.1) is 5.60 Å². The summed E-state index contributed by atoms with van der Waals surface area (Å²) in [5.41, 5.74) is 5.82. The summed E-state index contributed by atoms with van der Waals surface area (Å²) < 4.78 is 6.09. The molecule has 20 heavy (non-hydrogen) atoms. The SMILES string of the molecule is CCN(CC(C)C(N)=NO)C1CCOC2(CCSC2)C1. The Bertz CT molecular complexity index is 345. The molecule has 0 aromatic carbocycles. The predicted octanol–water partition coefficient (Wildman–Crippen LogP) is 1.75. The quantitative estimate of drug-likeness (QED) is 0.350. The highest BCUT2D eigenvalue weighted by atomic mass is 32.2. The number of amidine groups is 1. The van der Waals surface area contributed by atoms with Crippen molar-refractivity contribution in [3.63, 3.8) is 0 Å². The van der Waals surface area contributed by atoms with Crippen LogP contribution >= 0.6 is 11.8 Å². The second-order valence-electron chi connectivity index (χ2n) is 5.99. The number of thioether (sulfide) groups is 1. The lowest BCUT2D eigenvalue weighted by Crippen LogP contribution is -2.50. The van der Waals surface area contributed by atoms with Gasteiger partial charge in [0.15, 0.2) is 0 Å². The van der Waals surface area contributed by atoms with Gasteiger partial charge in [-0.3, -0.25) is 4.90 Å². The van der Waals surface area contributed by atoms with E-state index in [1.54, 1.807) is 0 Å². The number of nitrogens with two attached hydrogens (primary N) is 1. The van der Waals surface area contributed by atoms with E-state index in [2.05, 4.69) is 17.0 Å². The lowest BCUT2D eigenvalue weighted by atomic mass is 9.88. The second kappa shape index (κ2) is 7.00. The summed E-state index contributed by atoms with van der Waals surface area (Å²) in [4.78, 5) is 2.47. The van der Waals surface area contributed by atoms with Gasteiger partial charge in [-0.15, -0.1) is 0 Å². The molecule has 116 valence electrons. The van der Waals surface area contributed by atoms with Crippen molar-refractivity contribution in [3.8, 4) is 0 Å².